The van der Waals surface area contributed by atoms with Crippen LogP contribution in [0.5, 0.6) is 11.5 Å². The summed E-state index contributed by atoms with van der Waals surface area (Å²) in [6.45, 7) is 16.9. The van der Waals surface area contributed by atoms with Crippen LogP contribution >= 0.6 is 0 Å². The Morgan fingerprint density at radius 2 is 0.875 bits per heavy atom. The van der Waals surface area contributed by atoms with Crippen LogP contribution in [0.25, 0.3) is 0 Å². The standard InChI is InChI=1S/C26H40N2O4/c1-23(2)13-17(14-24(3,4)27-23)21(29)31-19-9-11-20(12-10-19)32-22(30)18-15-25(5,6)28-26(7,8)16-18/h9-12,17-18,27-28H,13-16H2,1-8H3. The monoisotopic (exact) mass is 444 g/mol. The molecule has 0 aliphatic carbocycles. The molecule has 1 aromatic carbocycles. The lowest BCUT2D eigenvalue weighted by molar-refractivity contribution is -0.143. The van der Waals surface area contributed by atoms with Gasteiger partial charge < -0.3 is 20.1 Å². The van der Waals surface area contributed by atoms with Crippen LogP contribution in [0.1, 0.15) is 81.1 Å². The lowest BCUT2D eigenvalue weighted by atomic mass is 9.76. The molecular weight excluding hydrogens is 404 g/mol. The van der Waals surface area contributed by atoms with Crippen LogP contribution in [-0.2, 0) is 9.59 Å². The number of carbonyl (C=O) groups is 2. The highest BCUT2D eigenvalue weighted by Crippen LogP contribution is 2.35. The highest BCUT2D eigenvalue weighted by Gasteiger charge is 2.42. The fraction of sp³-hybridized carbons (Fsp3) is 0.692. The van der Waals surface area contributed by atoms with Gasteiger partial charge in [-0.15, -0.1) is 0 Å². The number of nitrogens with one attached hydrogen (secondary N) is 2. The first-order valence-corrected chi connectivity index (χ1v) is 11.7. The van der Waals surface area contributed by atoms with Crippen molar-refractivity contribution in [3.05, 3.63) is 24.3 Å². The molecule has 2 aliphatic heterocycles. The molecular formula is C26H40N2O4. The van der Waals surface area contributed by atoms with Crippen molar-refractivity contribution in [2.75, 3.05) is 0 Å². The molecule has 6 nitrogen and oxygen atoms in total. The highest BCUT2D eigenvalue weighted by molar-refractivity contribution is 5.77. The van der Waals surface area contributed by atoms with Gasteiger partial charge in [-0.1, -0.05) is 0 Å². The molecule has 0 unspecified atom stereocenters. The summed E-state index contributed by atoms with van der Waals surface area (Å²) in [7, 11) is 0. The summed E-state index contributed by atoms with van der Waals surface area (Å²) < 4.78 is 11.3. The van der Waals surface area contributed by atoms with Crippen molar-refractivity contribution in [1.82, 2.24) is 10.6 Å². The fourth-order valence-electron chi connectivity index (χ4n) is 5.95. The number of hydrogen-bond donors (Lipinski definition) is 2. The largest absolute Gasteiger partial charge is 0.426 e. The normalized spacial score (nSPS) is 24.5. The maximum absolute atomic E-state index is 12.8. The van der Waals surface area contributed by atoms with Crippen molar-refractivity contribution in [2.45, 2.75) is 103 Å². The second-order valence-electron chi connectivity index (χ2n) is 12.3. The molecule has 2 N–H and O–H groups in total. The van der Waals surface area contributed by atoms with E-state index in [2.05, 4.69) is 66.0 Å². The van der Waals surface area contributed by atoms with Crippen LogP contribution in [0.4, 0.5) is 0 Å². The Bertz CT molecular complexity index is 752. The van der Waals surface area contributed by atoms with Gasteiger partial charge in [0.15, 0.2) is 0 Å². The first-order valence-electron chi connectivity index (χ1n) is 11.7. The summed E-state index contributed by atoms with van der Waals surface area (Å²) in [5.74, 6) is 0.185. The Labute approximate surface area is 192 Å². The van der Waals surface area contributed by atoms with E-state index in [4.69, 9.17) is 9.47 Å². The van der Waals surface area contributed by atoms with E-state index in [9.17, 15) is 9.59 Å². The van der Waals surface area contributed by atoms with Crippen molar-refractivity contribution in [3.63, 3.8) is 0 Å². The Kier molecular flexibility index (Phi) is 6.53. The summed E-state index contributed by atoms with van der Waals surface area (Å²) in [6.07, 6.45) is 2.92. The molecule has 0 radical (unpaired) electrons. The van der Waals surface area contributed by atoms with E-state index in [0.717, 1.165) is 25.7 Å². The van der Waals surface area contributed by atoms with Gasteiger partial charge in [0, 0.05) is 22.2 Å². The van der Waals surface area contributed by atoms with Gasteiger partial charge in [0.25, 0.3) is 0 Å². The highest BCUT2D eigenvalue weighted by atomic mass is 16.5. The second kappa shape index (κ2) is 8.45. The van der Waals surface area contributed by atoms with Crippen molar-refractivity contribution < 1.29 is 19.1 Å². The summed E-state index contributed by atoms with van der Waals surface area (Å²) in [6, 6.07) is 6.75. The number of carbonyl (C=O) groups excluding carboxylic acids is 2. The van der Waals surface area contributed by atoms with Crippen molar-refractivity contribution >= 4 is 11.9 Å². The van der Waals surface area contributed by atoms with Gasteiger partial charge in [-0.2, -0.15) is 0 Å². The van der Waals surface area contributed by atoms with Gasteiger partial charge in [0.1, 0.15) is 11.5 Å². The number of benzene rings is 1. The number of ether oxygens (including phenoxy) is 2. The van der Waals surface area contributed by atoms with E-state index in [1.807, 2.05) is 0 Å². The number of hydrogen-bond acceptors (Lipinski definition) is 6. The van der Waals surface area contributed by atoms with E-state index in [0.29, 0.717) is 11.5 Å². The van der Waals surface area contributed by atoms with Gasteiger partial charge >= 0.3 is 11.9 Å². The van der Waals surface area contributed by atoms with Crippen molar-refractivity contribution in [3.8, 4) is 11.5 Å². The molecule has 3 rings (SSSR count). The van der Waals surface area contributed by atoms with E-state index in [1.165, 1.54) is 0 Å². The van der Waals surface area contributed by atoms with Crippen molar-refractivity contribution in [2.24, 2.45) is 11.8 Å². The van der Waals surface area contributed by atoms with E-state index >= 15 is 0 Å². The first kappa shape index (κ1) is 24.7. The average molecular weight is 445 g/mol. The molecule has 0 atom stereocenters. The van der Waals surface area contributed by atoms with Crippen LogP contribution in [0.3, 0.4) is 0 Å². The molecule has 2 saturated heterocycles. The summed E-state index contributed by atoms with van der Waals surface area (Å²) in [5.41, 5.74) is -0.495. The van der Waals surface area contributed by atoms with Crippen LogP contribution in [0.2, 0.25) is 0 Å². The van der Waals surface area contributed by atoms with Crippen LogP contribution in [0, 0.1) is 11.8 Å². The fourth-order valence-corrected chi connectivity index (χ4v) is 5.95. The van der Waals surface area contributed by atoms with Gasteiger partial charge in [0.05, 0.1) is 11.8 Å². The molecule has 1 aromatic rings. The Hall–Kier alpha value is -1.92. The quantitative estimate of drug-likeness (QED) is 0.522. The molecule has 0 aromatic heterocycles. The minimum absolute atomic E-state index is 0.124. The lowest BCUT2D eigenvalue weighted by Crippen LogP contribution is -2.59. The number of piperidine rings is 2. The summed E-state index contributed by atoms with van der Waals surface area (Å²) >= 11 is 0. The van der Waals surface area contributed by atoms with Crippen LogP contribution < -0.4 is 20.1 Å². The minimum Gasteiger partial charge on any atom is -0.426 e. The molecule has 6 heteroatoms. The zero-order chi connectivity index (χ0) is 23.9. The molecule has 32 heavy (non-hydrogen) atoms. The third kappa shape index (κ3) is 6.55. The minimum atomic E-state index is -0.212. The third-order valence-electron chi connectivity index (χ3n) is 6.31. The predicted molar refractivity (Wildman–Crippen MR) is 126 cm³/mol. The molecule has 2 fully saturated rings. The Morgan fingerprint density at radius 1 is 0.625 bits per heavy atom. The Morgan fingerprint density at radius 3 is 1.12 bits per heavy atom. The van der Waals surface area contributed by atoms with Gasteiger partial charge in [-0.25, -0.2) is 0 Å². The summed E-state index contributed by atoms with van der Waals surface area (Å²) in [5, 5.41) is 7.17. The smallest absolute Gasteiger partial charge is 0.314 e. The molecule has 178 valence electrons. The Balaban J connectivity index is 1.59. The first-order chi connectivity index (χ1) is 14.5. The van der Waals surface area contributed by atoms with Crippen molar-refractivity contribution in [1.29, 1.82) is 0 Å². The molecule has 0 saturated carbocycles. The number of esters is 2. The predicted octanol–water partition coefficient (Wildman–Crippen LogP) is 4.61. The van der Waals surface area contributed by atoms with Gasteiger partial charge in [0.2, 0.25) is 0 Å². The second-order valence-corrected chi connectivity index (χ2v) is 12.3. The maximum atomic E-state index is 12.8. The topological polar surface area (TPSA) is 76.7 Å². The van der Waals surface area contributed by atoms with E-state index in [1.54, 1.807) is 24.3 Å². The number of rotatable bonds is 4. The zero-order valence-corrected chi connectivity index (χ0v) is 20.9. The molecule has 0 amide bonds. The van der Waals surface area contributed by atoms with Crippen LogP contribution in [-0.4, -0.2) is 34.1 Å². The van der Waals surface area contributed by atoms with Gasteiger partial charge in [-0.05, 0) is 105 Å². The maximum Gasteiger partial charge on any atom is 0.314 e. The van der Waals surface area contributed by atoms with E-state index < -0.39 is 0 Å². The molecule has 2 aliphatic rings. The molecule has 0 spiro atoms. The third-order valence-corrected chi connectivity index (χ3v) is 6.31. The molecule has 2 heterocycles. The lowest BCUT2D eigenvalue weighted by Gasteiger charge is -2.45. The zero-order valence-electron chi connectivity index (χ0n) is 20.9. The van der Waals surface area contributed by atoms with Gasteiger partial charge in [-0.3, -0.25) is 9.59 Å². The average Bonchev–Trinajstić information content (AvgIpc) is 2.58. The molecule has 0 bridgehead atoms. The van der Waals surface area contributed by atoms with E-state index in [-0.39, 0.29) is 45.9 Å². The SMILES string of the molecule is CC1(C)CC(C(=O)Oc2ccc(OC(=O)C3CC(C)(C)NC(C)(C)C3)cc2)CC(C)(C)N1. The van der Waals surface area contributed by atoms with Crippen LogP contribution in [0.15, 0.2) is 24.3 Å². The summed E-state index contributed by atoms with van der Waals surface area (Å²) in [4.78, 5) is 25.6.